The van der Waals surface area contributed by atoms with Gasteiger partial charge >= 0.3 is 0 Å². The minimum Gasteiger partial charge on any atom is -0.382 e. The average molecular weight is 179 g/mol. The third kappa shape index (κ3) is 6.10. The Kier molecular flexibility index (Phi) is 5.71. The lowest BCUT2D eigenvalue weighted by Gasteiger charge is -2.04. The van der Waals surface area contributed by atoms with Crippen LogP contribution in [0.25, 0.3) is 10.4 Å². The van der Waals surface area contributed by atoms with Crippen molar-refractivity contribution in [2.75, 3.05) is 0 Å². The molecule has 0 saturated heterocycles. The number of azide groups is 1. The maximum atomic E-state index is 8.78. The number of nitrogens with zero attached hydrogens (tertiary/aromatic N) is 3. The molecular formula is C4H9N3OS2. The van der Waals surface area contributed by atoms with Crippen molar-refractivity contribution >= 4 is 21.6 Å². The van der Waals surface area contributed by atoms with Crippen LogP contribution in [0.3, 0.4) is 0 Å². The molecule has 0 rings (SSSR count). The van der Waals surface area contributed by atoms with Gasteiger partial charge in [-0.1, -0.05) is 26.7 Å². The lowest BCUT2D eigenvalue weighted by molar-refractivity contribution is 0.285. The summed E-state index contributed by atoms with van der Waals surface area (Å²) < 4.78 is 0. The summed E-state index contributed by atoms with van der Waals surface area (Å²) in [6.45, 7) is 3.44. The van der Waals surface area contributed by atoms with E-state index in [0.29, 0.717) is 0 Å². The molecule has 0 amide bonds. The Labute approximate surface area is 67.4 Å². The fourth-order valence-electron chi connectivity index (χ4n) is 0.253. The molecule has 0 aromatic carbocycles. The molecular weight excluding hydrogens is 170 g/mol. The number of hydrogen-bond acceptors (Lipinski definition) is 4. The van der Waals surface area contributed by atoms with Gasteiger partial charge in [-0.15, -0.1) is 0 Å². The van der Waals surface area contributed by atoms with E-state index in [0.717, 1.165) is 0 Å². The zero-order valence-corrected chi connectivity index (χ0v) is 7.39. The predicted octanol–water partition coefficient (Wildman–Crippen LogP) is 2.36. The molecule has 0 bridgehead atoms. The van der Waals surface area contributed by atoms with Gasteiger partial charge in [0.1, 0.15) is 5.44 Å². The van der Waals surface area contributed by atoms with Gasteiger partial charge in [0, 0.05) is 4.91 Å². The van der Waals surface area contributed by atoms with Gasteiger partial charge < -0.3 is 5.11 Å². The van der Waals surface area contributed by atoms with Crippen LogP contribution in [-0.2, 0) is 0 Å². The maximum Gasteiger partial charge on any atom is 0.106 e. The van der Waals surface area contributed by atoms with E-state index in [9.17, 15) is 0 Å². The first-order valence-electron chi connectivity index (χ1n) is 2.71. The van der Waals surface area contributed by atoms with Crippen molar-refractivity contribution in [2.45, 2.75) is 24.7 Å². The molecule has 10 heavy (non-hydrogen) atoms. The van der Waals surface area contributed by atoms with E-state index in [1.807, 2.05) is 0 Å². The Morgan fingerprint density at radius 2 is 2.10 bits per heavy atom. The van der Waals surface area contributed by atoms with E-state index in [1.54, 1.807) is 13.8 Å². The molecule has 0 aliphatic heterocycles. The van der Waals surface area contributed by atoms with Crippen LogP contribution < -0.4 is 0 Å². The molecule has 0 aromatic rings. The van der Waals surface area contributed by atoms with Gasteiger partial charge in [-0.3, -0.25) is 0 Å². The highest BCUT2D eigenvalue weighted by atomic mass is 33.1. The molecule has 0 radical (unpaired) electrons. The van der Waals surface area contributed by atoms with Crippen molar-refractivity contribution in [3.05, 3.63) is 10.4 Å². The van der Waals surface area contributed by atoms with Crippen LogP contribution >= 0.6 is 21.6 Å². The molecule has 0 aromatic heterocycles. The van der Waals surface area contributed by atoms with E-state index in [-0.39, 0.29) is 5.37 Å². The second-order valence-corrected chi connectivity index (χ2v) is 4.50. The van der Waals surface area contributed by atoms with Crippen molar-refractivity contribution in [3.63, 3.8) is 0 Å². The molecule has 2 atom stereocenters. The Morgan fingerprint density at radius 1 is 1.50 bits per heavy atom. The monoisotopic (exact) mass is 179 g/mol. The first kappa shape index (κ1) is 9.97. The highest BCUT2D eigenvalue weighted by Gasteiger charge is 2.01. The quantitative estimate of drug-likeness (QED) is 0.237. The van der Waals surface area contributed by atoms with E-state index >= 15 is 0 Å². The second kappa shape index (κ2) is 5.73. The molecule has 6 heteroatoms. The van der Waals surface area contributed by atoms with E-state index < -0.39 is 5.44 Å². The fourth-order valence-corrected chi connectivity index (χ4v) is 1.74. The van der Waals surface area contributed by atoms with Crippen LogP contribution in [0.1, 0.15) is 13.8 Å². The zero-order valence-electron chi connectivity index (χ0n) is 5.76. The molecule has 0 aliphatic rings. The summed E-state index contributed by atoms with van der Waals surface area (Å²) in [5.41, 5.74) is 7.56. The van der Waals surface area contributed by atoms with Crippen molar-refractivity contribution in [2.24, 2.45) is 5.11 Å². The first-order chi connectivity index (χ1) is 4.66. The molecule has 58 valence electrons. The summed E-state index contributed by atoms with van der Waals surface area (Å²) >= 11 is 0. The molecule has 0 spiro atoms. The number of aliphatic hydroxyl groups is 1. The third-order valence-electron chi connectivity index (χ3n) is 0.548. The van der Waals surface area contributed by atoms with Crippen LogP contribution in [0.4, 0.5) is 0 Å². The van der Waals surface area contributed by atoms with Crippen LogP contribution in [0.5, 0.6) is 0 Å². The summed E-state index contributed by atoms with van der Waals surface area (Å²) in [5.74, 6) is 0. The van der Waals surface area contributed by atoms with Gasteiger partial charge in [-0.2, -0.15) is 0 Å². The lowest BCUT2D eigenvalue weighted by atomic mass is 10.8. The van der Waals surface area contributed by atoms with Gasteiger partial charge in [0.15, 0.2) is 0 Å². The Balaban J connectivity index is 3.39. The van der Waals surface area contributed by atoms with E-state index in [1.165, 1.54) is 21.6 Å². The van der Waals surface area contributed by atoms with Gasteiger partial charge in [0.05, 0.1) is 5.37 Å². The van der Waals surface area contributed by atoms with Gasteiger partial charge in [0.2, 0.25) is 0 Å². The molecule has 2 unspecified atom stereocenters. The van der Waals surface area contributed by atoms with Crippen LogP contribution in [0.15, 0.2) is 5.11 Å². The summed E-state index contributed by atoms with van der Waals surface area (Å²) in [7, 11) is 2.64. The molecule has 0 aliphatic carbocycles. The zero-order chi connectivity index (χ0) is 7.98. The second-order valence-electron chi connectivity index (χ2n) is 1.60. The number of hydrogen-bond donors (Lipinski definition) is 1. The average Bonchev–Trinajstić information content (AvgIpc) is 1.85. The Morgan fingerprint density at radius 3 is 2.50 bits per heavy atom. The van der Waals surface area contributed by atoms with Crippen molar-refractivity contribution < 1.29 is 5.11 Å². The molecule has 0 fully saturated rings. The number of rotatable bonds is 4. The maximum absolute atomic E-state index is 8.78. The predicted molar refractivity (Wildman–Crippen MR) is 45.5 cm³/mol. The minimum atomic E-state index is -0.415. The summed E-state index contributed by atoms with van der Waals surface area (Å²) in [4.78, 5) is 2.62. The van der Waals surface area contributed by atoms with Crippen molar-refractivity contribution in [1.29, 1.82) is 0 Å². The van der Waals surface area contributed by atoms with Crippen molar-refractivity contribution in [3.8, 4) is 0 Å². The molecule has 1 N–H and O–H groups in total. The van der Waals surface area contributed by atoms with E-state index in [2.05, 4.69) is 10.0 Å². The number of aliphatic hydroxyl groups excluding tert-OH is 1. The topological polar surface area (TPSA) is 69.0 Å². The standard InChI is InChI=1S/C4H9N3OS2/c1-3(6-7-5)9-10-4(2)8/h3-4,8H,1-2H3. The van der Waals surface area contributed by atoms with Crippen molar-refractivity contribution in [1.82, 2.24) is 0 Å². The van der Waals surface area contributed by atoms with Gasteiger partial charge in [-0.05, 0) is 19.4 Å². The third-order valence-corrected chi connectivity index (χ3v) is 3.32. The van der Waals surface area contributed by atoms with Gasteiger partial charge in [-0.25, -0.2) is 0 Å². The lowest BCUT2D eigenvalue weighted by Crippen LogP contribution is -1.91. The van der Waals surface area contributed by atoms with Gasteiger partial charge in [0.25, 0.3) is 0 Å². The Hall–Kier alpha value is -0.0300. The molecule has 0 saturated carbocycles. The van der Waals surface area contributed by atoms with E-state index in [4.69, 9.17) is 10.6 Å². The Bertz CT molecular complexity index is 134. The summed E-state index contributed by atoms with van der Waals surface area (Å²) in [6, 6.07) is 0. The highest BCUT2D eigenvalue weighted by Crippen LogP contribution is 2.29. The van der Waals surface area contributed by atoms with Crippen LogP contribution in [0.2, 0.25) is 0 Å². The smallest absolute Gasteiger partial charge is 0.106 e. The van der Waals surface area contributed by atoms with Crippen LogP contribution in [0, 0.1) is 0 Å². The normalized spacial score (nSPS) is 15.5. The van der Waals surface area contributed by atoms with Crippen LogP contribution in [-0.4, -0.2) is 15.9 Å². The summed E-state index contributed by atoms with van der Waals surface area (Å²) in [5, 5.41) is 12.1. The molecule has 0 heterocycles. The fraction of sp³-hybridized carbons (Fsp3) is 1.00. The first-order valence-corrected chi connectivity index (χ1v) is 4.99. The summed E-state index contributed by atoms with van der Waals surface area (Å²) in [6.07, 6.45) is 0. The highest BCUT2D eigenvalue weighted by molar-refractivity contribution is 8.77. The largest absolute Gasteiger partial charge is 0.382 e. The minimum absolute atomic E-state index is 0.121. The SMILES string of the molecule is CC(O)SSC(C)N=[N+]=[N-]. The molecule has 4 nitrogen and oxygen atoms in total.